The fourth-order valence-electron chi connectivity index (χ4n) is 4.08. The summed E-state index contributed by atoms with van der Waals surface area (Å²) in [6.07, 6.45) is 3.87. The molecule has 0 spiro atoms. The van der Waals surface area contributed by atoms with Crippen LogP contribution in [-0.4, -0.2) is 61.1 Å². The van der Waals surface area contributed by atoms with E-state index in [2.05, 4.69) is 4.90 Å². The summed E-state index contributed by atoms with van der Waals surface area (Å²) in [5, 5.41) is 0. The first-order valence-corrected chi connectivity index (χ1v) is 7.96. The van der Waals surface area contributed by atoms with E-state index in [-0.39, 0.29) is 5.91 Å². The van der Waals surface area contributed by atoms with Gasteiger partial charge in [-0.3, -0.25) is 4.79 Å². The van der Waals surface area contributed by atoms with Gasteiger partial charge in [0, 0.05) is 38.8 Å². The number of ether oxygens (including phenoxy) is 1. The highest BCUT2D eigenvalue weighted by atomic mass is 16.5. The van der Waals surface area contributed by atoms with Crippen molar-refractivity contribution in [2.75, 3.05) is 39.4 Å². The highest BCUT2D eigenvalue weighted by Gasteiger charge is 2.44. The Balaban J connectivity index is 1.40. The molecule has 0 unspecified atom stereocenters. The molecule has 3 atom stereocenters. The fourth-order valence-corrected chi connectivity index (χ4v) is 4.08. The second kappa shape index (κ2) is 5.46. The lowest BCUT2D eigenvalue weighted by atomic mass is 10.1. The number of hydrogen-bond donors (Lipinski definition) is 0. The molecule has 5 heteroatoms. The van der Waals surface area contributed by atoms with Crippen molar-refractivity contribution < 1.29 is 13.9 Å². The summed E-state index contributed by atoms with van der Waals surface area (Å²) in [7, 11) is 0. The molecular formula is C16H22N2O3. The van der Waals surface area contributed by atoms with Crippen LogP contribution in [-0.2, 0) is 4.74 Å². The molecule has 1 aromatic rings. The van der Waals surface area contributed by atoms with Gasteiger partial charge in [0.05, 0.1) is 12.9 Å². The number of likely N-dealkylation sites (tertiary alicyclic amines) is 2. The molecule has 3 saturated heterocycles. The van der Waals surface area contributed by atoms with Gasteiger partial charge < -0.3 is 19.0 Å². The molecule has 0 bridgehead atoms. The first-order chi connectivity index (χ1) is 10.3. The number of hydrogen-bond acceptors (Lipinski definition) is 4. The topological polar surface area (TPSA) is 45.9 Å². The van der Waals surface area contributed by atoms with Crippen LogP contribution < -0.4 is 0 Å². The first-order valence-electron chi connectivity index (χ1n) is 7.96. The van der Waals surface area contributed by atoms with Gasteiger partial charge in [-0.05, 0) is 36.8 Å². The van der Waals surface area contributed by atoms with Crippen LogP contribution in [0.25, 0.3) is 0 Å². The van der Waals surface area contributed by atoms with E-state index in [1.807, 2.05) is 4.90 Å². The molecule has 4 heterocycles. The third-order valence-corrected chi connectivity index (χ3v) is 5.16. The van der Waals surface area contributed by atoms with Crippen LogP contribution in [0, 0.1) is 11.8 Å². The minimum absolute atomic E-state index is 0.0542. The van der Waals surface area contributed by atoms with Gasteiger partial charge in [-0.1, -0.05) is 0 Å². The van der Waals surface area contributed by atoms with Crippen molar-refractivity contribution in [2.24, 2.45) is 11.8 Å². The standard InChI is InChI=1S/C16H22N2O3/c19-16(15-2-1-6-21-15)18-5-3-13-9-17(10-14(13)18)8-12-4-7-20-11-12/h1-2,6,12-14H,3-5,7-11H2/t12-,13-,14+/m0/s1. The smallest absolute Gasteiger partial charge is 0.289 e. The zero-order valence-corrected chi connectivity index (χ0v) is 12.2. The molecule has 0 radical (unpaired) electrons. The maximum atomic E-state index is 12.5. The second-order valence-electron chi connectivity index (χ2n) is 6.54. The Bertz CT molecular complexity index is 496. The quantitative estimate of drug-likeness (QED) is 0.845. The molecule has 3 aliphatic rings. The summed E-state index contributed by atoms with van der Waals surface area (Å²) < 4.78 is 10.7. The van der Waals surface area contributed by atoms with Crippen molar-refractivity contribution in [1.82, 2.24) is 9.80 Å². The van der Waals surface area contributed by atoms with Crippen molar-refractivity contribution in [1.29, 1.82) is 0 Å². The number of carbonyl (C=O) groups is 1. The Morgan fingerprint density at radius 1 is 1.33 bits per heavy atom. The van der Waals surface area contributed by atoms with Gasteiger partial charge in [-0.2, -0.15) is 0 Å². The molecule has 0 aliphatic carbocycles. The van der Waals surface area contributed by atoms with E-state index in [0.29, 0.717) is 23.6 Å². The maximum Gasteiger partial charge on any atom is 0.289 e. The molecule has 21 heavy (non-hydrogen) atoms. The van der Waals surface area contributed by atoms with E-state index < -0.39 is 0 Å². The van der Waals surface area contributed by atoms with Gasteiger partial charge in [0.2, 0.25) is 0 Å². The van der Waals surface area contributed by atoms with Gasteiger partial charge in [-0.25, -0.2) is 0 Å². The SMILES string of the molecule is O=C(c1ccco1)N1CC[C@H]2CN(C[C@@H]3CCOC3)C[C@H]21. The number of furan rings is 1. The summed E-state index contributed by atoms with van der Waals surface area (Å²) in [6.45, 7) is 5.94. The van der Waals surface area contributed by atoms with Crippen molar-refractivity contribution >= 4 is 5.91 Å². The van der Waals surface area contributed by atoms with Gasteiger partial charge in [0.25, 0.3) is 5.91 Å². The van der Waals surface area contributed by atoms with Crippen LogP contribution in [0.15, 0.2) is 22.8 Å². The lowest BCUT2D eigenvalue weighted by Gasteiger charge is -2.25. The van der Waals surface area contributed by atoms with Crippen LogP contribution in [0.4, 0.5) is 0 Å². The van der Waals surface area contributed by atoms with E-state index >= 15 is 0 Å². The van der Waals surface area contributed by atoms with E-state index in [1.165, 1.54) is 6.42 Å². The molecule has 1 aromatic heterocycles. The highest BCUT2D eigenvalue weighted by molar-refractivity contribution is 5.92. The maximum absolute atomic E-state index is 12.5. The van der Waals surface area contributed by atoms with Crippen LogP contribution in [0.1, 0.15) is 23.4 Å². The summed E-state index contributed by atoms with van der Waals surface area (Å²) in [5.41, 5.74) is 0. The third-order valence-electron chi connectivity index (χ3n) is 5.16. The summed E-state index contributed by atoms with van der Waals surface area (Å²) in [5.74, 6) is 1.83. The van der Waals surface area contributed by atoms with Gasteiger partial charge in [0.15, 0.2) is 5.76 Å². The highest BCUT2D eigenvalue weighted by Crippen LogP contribution is 2.33. The second-order valence-corrected chi connectivity index (χ2v) is 6.54. The van der Waals surface area contributed by atoms with Gasteiger partial charge >= 0.3 is 0 Å². The molecule has 4 rings (SSSR count). The first kappa shape index (κ1) is 13.3. The predicted molar refractivity (Wildman–Crippen MR) is 77.0 cm³/mol. The minimum Gasteiger partial charge on any atom is -0.459 e. The molecule has 114 valence electrons. The van der Waals surface area contributed by atoms with Crippen molar-refractivity contribution in [3.63, 3.8) is 0 Å². The lowest BCUT2D eigenvalue weighted by molar-refractivity contribution is 0.0692. The Hall–Kier alpha value is -1.33. The molecule has 1 amide bonds. The lowest BCUT2D eigenvalue weighted by Crippen LogP contribution is -2.40. The average molecular weight is 290 g/mol. The molecule has 3 fully saturated rings. The molecule has 0 saturated carbocycles. The van der Waals surface area contributed by atoms with Crippen LogP contribution >= 0.6 is 0 Å². The van der Waals surface area contributed by atoms with Crippen LogP contribution in [0.2, 0.25) is 0 Å². The largest absolute Gasteiger partial charge is 0.459 e. The van der Waals surface area contributed by atoms with Crippen LogP contribution in [0.5, 0.6) is 0 Å². The van der Waals surface area contributed by atoms with Gasteiger partial charge in [0.1, 0.15) is 0 Å². The number of rotatable bonds is 3. The molecule has 3 aliphatic heterocycles. The van der Waals surface area contributed by atoms with Crippen molar-refractivity contribution in [3.05, 3.63) is 24.2 Å². The van der Waals surface area contributed by atoms with Gasteiger partial charge in [-0.15, -0.1) is 0 Å². The number of carbonyl (C=O) groups excluding carboxylic acids is 1. The summed E-state index contributed by atoms with van der Waals surface area (Å²) >= 11 is 0. The number of nitrogens with zero attached hydrogens (tertiary/aromatic N) is 2. The zero-order chi connectivity index (χ0) is 14.2. The third kappa shape index (κ3) is 2.49. The number of fused-ring (bicyclic) bond motifs is 1. The van der Waals surface area contributed by atoms with Crippen molar-refractivity contribution in [3.8, 4) is 0 Å². The normalized spacial score (nSPS) is 32.8. The van der Waals surface area contributed by atoms with Crippen molar-refractivity contribution in [2.45, 2.75) is 18.9 Å². The average Bonchev–Trinajstić information content (AvgIpc) is 3.24. The Labute approximate surface area is 124 Å². The van der Waals surface area contributed by atoms with E-state index in [4.69, 9.17) is 9.15 Å². The Morgan fingerprint density at radius 3 is 3.05 bits per heavy atom. The Kier molecular flexibility index (Phi) is 3.47. The molecule has 5 nitrogen and oxygen atoms in total. The summed E-state index contributed by atoms with van der Waals surface area (Å²) in [6, 6.07) is 3.91. The molecule has 0 aromatic carbocycles. The Morgan fingerprint density at radius 2 is 2.29 bits per heavy atom. The van der Waals surface area contributed by atoms with Crippen LogP contribution in [0.3, 0.4) is 0 Å². The molecule has 0 N–H and O–H groups in total. The number of amides is 1. The minimum atomic E-state index is 0.0542. The van der Waals surface area contributed by atoms with E-state index in [9.17, 15) is 4.79 Å². The summed E-state index contributed by atoms with van der Waals surface area (Å²) in [4.78, 5) is 17.0. The monoisotopic (exact) mass is 290 g/mol. The predicted octanol–water partition coefficient (Wildman–Crippen LogP) is 1.46. The molecular weight excluding hydrogens is 268 g/mol. The fraction of sp³-hybridized carbons (Fsp3) is 0.688. The van der Waals surface area contributed by atoms with E-state index in [0.717, 1.165) is 45.8 Å². The zero-order valence-electron chi connectivity index (χ0n) is 12.2. The van der Waals surface area contributed by atoms with E-state index in [1.54, 1.807) is 18.4 Å².